The third-order valence-corrected chi connectivity index (χ3v) is 8.01. The van der Waals surface area contributed by atoms with Gasteiger partial charge in [0.1, 0.15) is 0 Å². The SMILES string of the molecule is Cc1ccc(S(=O)(=O)N[C@@H]2CCc3cccc(N4CCN(C)CC4)c3C2)cc1Cl. The highest BCUT2D eigenvalue weighted by molar-refractivity contribution is 7.89. The van der Waals surface area contributed by atoms with Gasteiger partial charge in [0.2, 0.25) is 10.0 Å². The molecule has 0 amide bonds. The number of piperazine rings is 1. The molecule has 0 saturated carbocycles. The van der Waals surface area contributed by atoms with Gasteiger partial charge in [-0.3, -0.25) is 0 Å². The van der Waals surface area contributed by atoms with E-state index < -0.39 is 10.0 Å². The Morgan fingerprint density at radius 1 is 1.10 bits per heavy atom. The Balaban J connectivity index is 1.54. The van der Waals surface area contributed by atoms with Crippen LogP contribution in [0.3, 0.4) is 0 Å². The Hall–Kier alpha value is -1.60. The number of anilines is 1. The number of halogens is 1. The Labute approximate surface area is 178 Å². The van der Waals surface area contributed by atoms with Crippen LogP contribution in [0.1, 0.15) is 23.1 Å². The van der Waals surface area contributed by atoms with Crippen molar-refractivity contribution in [2.45, 2.75) is 37.1 Å². The van der Waals surface area contributed by atoms with E-state index in [4.69, 9.17) is 11.6 Å². The van der Waals surface area contributed by atoms with Crippen LogP contribution < -0.4 is 9.62 Å². The number of nitrogens with zero attached hydrogens (tertiary/aromatic N) is 2. The second-order valence-electron chi connectivity index (χ2n) is 8.18. The molecule has 5 nitrogen and oxygen atoms in total. The predicted molar refractivity (Wildman–Crippen MR) is 118 cm³/mol. The topological polar surface area (TPSA) is 52.7 Å². The van der Waals surface area contributed by atoms with E-state index in [-0.39, 0.29) is 10.9 Å². The van der Waals surface area contributed by atoms with Crippen molar-refractivity contribution in [2.24, 2.45) is 0 Å². The molecule has 2 aromatic rings. The fraction of sp³-hybridized carbons (Fsp3) is 0.455. The van der Waals surface area contributed by atoms with Crippen LogP contribution >= 0.6 is 11.6 Å². The highest BCUT2D eigenvalue weighted by Crippen LogP contribution is 2.32. The maximum atomic E-state index is 12.9. The maximum absolute atomic E-state index is 12.9. The Morgan fingerprint density at radius 2 is 1.86 bits per heavy atom. The summed E-state index contributed by atoms with van der Waals surface area (Å²) in [6, 6.07) is 11.3. The number of aryl methyl sites for hydroxylation is 2. The monoisotopic (exact) mass is 433 g/mol. The first-order valence-corrected chi connectivity index (χ1v) is 12.0. The number of sulfonamides is 1. The molecule has 0 unspecified atom stereocenters. The van der Waals surface area contributed by atoms with Gasteiger partial charge in [-0.05, 0) is 68.1 Å². The first-order chi connectivity index (χ1) is 13.8. The first-order valence-electron chi connectivity index (χ1n) is 10.2. The van der Waals surface area contributed by atoms with Crippen molar-refractivity contribution in [1.29, 1.82) is 0 Å². The number of nitrogens with one attached hydrogen (secondary N) is 1. The van der Waals surface area contributed by atoms with Gasteiger partial charge in [0.05, 0.1) is 4.90 Å². The summed E-state index contributed by atoms with van der Waals surface area (Å²) < 4.78 is 28.7. The number of hydrogen-bond donors (Lipinski definition) is 1. The minimum Gasteiger partial charge on any atom is -0.369 e. The molecule has 1 aliphatic carbocycles. The van der Waals surface area contributed by atoms with Crippen LogP contribution in [0.5, 0.6) is 0 Å². The van der Waals surface area contributed by atoms with Crippen molar-refractivity contribution < 1.29 is 8.42 Å². The number of hydrogen-bond acceptors (Lipinski definition) is 4. The predicted octanol–water partition coefficient (Wildman–Crippen LogP) is 3.24. The molecule has 1 N–H and O–H groups in total. The van der Waals surface area contributed by atoms with E-state index in [1.807, 2.05) is 6.92 Å². The summed E-state index contributed by atoms with van der Waals surface area (Å²) in [5.74, 6) is 0. The van der Waals surface area contributed by atoms with Gasteiger partial charge >= 0.3 is 0 Å². The quantitative estimate of drug-likeness (QED) is 0.804. The minimum absolute atomic E-state index is 0.110. The molecule has 0 spiro atoms. The summed E-state index contributed by atoms with van der Waals surface area (Å²) in [4.78, 5) is 5.01. The molecule has 0 bridgehead atoms. The molecule has 2 aromatic carbocycles. The van der Waals surface area contributed by atoms with Crippen molar-refractivity contribution in [3.8, 4) is 0 Å². The van der Waals surface area contributed by atoms with E-state index >= 15 is 0 Å². The molecule has 4 rings (SSSR count). The Morgan fingerprint density at radius 3 is 2.59 bits per heavy atom. The number of benzene rings is 2. The van der Waals surface area contributed by atoms with Crippen LogP contribution in [-0.4, -0.2) is 52.6 Å². The van der Waals surface area contributed by atoms with Gasteiger partial charge in [0.25, 0.3) is 0 Å². The second-order valence-corrected chi connectivity index (χ2v) is 10.3. The summed E-state index contributed by atoms with van der Waals surface area (Å²) in [5.41, 5.74) is 4.76. The summed E-state index contributed by atoms with van der Waals surface area (Å²) >= 11 is 6.15. The lowest BCUT2D eigenvalue weighted by Crippen LogP contribution is -2.45. The van der Waals surface area contributed by atoms with Gasteiger partial charge < -0.3 is 9.80 Å². The van der Waals surface area contributed by atoms with E-state index in [2.05, 4.69) is 39.8 Å². The lowest BCUT2D eigenvalue weighted by Gasteiger charge is -2.37. The molecular weight excluding hydrogens is 406 g/mol. The largest absolute Gasteiger partial charge is 0.369 e. The van der Waals surface area contributed by atoms with Crippen LogP contribution in [0, 0.1) is 6.92 Å². The summed E-state index contributed by atoms with van der Waals surface area (Å²) in [5, 5.41) is 0.471. The van der Waals surface area contributed by atoms with Crippen LogP contribution in [0.2, 0.25) is 5.02 Å². The van der Waals surface area contributed by atoms with Crippen molar-refractivity contribution in [3.63, 3.8) is 0 Å². The zero-order valence-corrected chi connectivity index (χ0v) is 18.6. The number of rotatable bonds is 4. The molecule has 156 valence electrons. The third kappa shape index (κ3) is 4.45. The minimum atomic E-state index is -3.60. The molecule has 0 radical (unpaired) electrons. The molecule has 1 fully saturated rings. The number of fused-ring (bicyclic) bond motifs is 1. The smallest absolute Gasteiger partial charge is 0.240 e. The first kappa shape index (κ1) is 20.7. The van der Waals surface area contributed by atoms with Gasteiger partial charge in [-0.15, -0.1) is 0 Å². The molecule has 29 heavy (non-hydrogen) atoms. The lowest BCUT2D eigenvalue weighted by atomic mass is 9.87. The lowest BCUT2D eigenvalue weighted by molar-refractivity contribution is 0.312. The molecule has 1 saturated heterocycles. The maximum Gasteiger partial charge on any atom is 0.240 e. The van der Waals surface area contributed by atoms with E-state index in [0.29, 0.717) is 5.02 Å². The summed E-state index contributed by atoms with van der Waals surface area (Å²) in [6.07, 6.45) is 2.41. The van der Waals surface area contributed by atoms with Gasteiger partial charge in [0, 0.05) is 42.9 Å². The van der Waals surface area contributed by atoms with Crippen LogP contribution in [0.15, 0.2) is 41.3 Å². The highest BCUT2D eigenvalue weighted by Gasteiger charge is 2.28. The average Bonchev–Trinajstić information content (AvgIpc) is 2.70. The fourth-order valence-electron chi connectivity index (χ4n) is 4.24. The van der Waals surface area contributed by atoms with E-state index in [1.165, 1.54) is 22.9 Å². The fourth-order valence-corrected chi connectivity index (χ4v) is 5.78. The van der Waals surface area contributed by atoms with Gasteiger partial charge in [0.15, 0.2) is 0 Å². The second kappa shape index (κ2) is 8.26. The Kier molecular flexibility index (Phi) is 5.89. The van der Waals surface area contributed by atoms with E-state index in [1.54, 1.807) is 12.1 Å². The molecule has 1 heterocycles. The van der Waals surface area contributed by atoms with Gasteiger partial charge in [-0.1, -0.05) is 29.8 Å². The summed E-state index contributed by atoms with van der Waals surface area (Å²) in [6.45, 7) is 5.97. The van der Waals surface area contributed by atoms with E-state index in [0.717, 1.165) is 51.0 Å². The zero-order chi connectivity index (χ0) is 20.6. The molecule has 7 heteroatoms. The van der Waals surface area contributed by atoms with Crippen LogP contribution in [0.4, 0.5) is 5.69 Å². The van der Waals surface area contributed by atoms with Crippen LogP contribution in [0.25, 0.3) is 0 Å². The van der Waals surface area contributed by atoms with Gasteiger partial charge in [-0.25, -0.2) is 13.1 Å². The average molecular weight is 434 g/mol. The molecule has 2 aliphatic rings. The molecule has 0 aromatic heterocycles. The summed E-state index contributed by atoms with van der Waals surface area (Å²) in [7, 11) is -1.45. The number of likely N-dealkylation sites (N-methyl/N-ethyl adjacent to an activating group) is 1. The molecule has 1 aliphatic heterocycles. The van der Waals surface area contributed by atoms with Crippen molar-refractivity contribution in [2.75, 3.05) is 38.1 Å². The Bertz CT molecular complexity index is 1000. The molecule has 1 atom stereocenters. The normalized spacial score (nSPS) is 20.5. The van der Waals surface area contributed by atoms with Gasteiger partial charge in [-0.2, -0.15) is 0 Å². The highest BCUT2D eigenvalue weighted by atomic mass is 35.5. The molecular formula is C22H28ClN3O2S. The standard InChI is InChI=1S/C22H28ClN3O2S/c1-16-6-9-19(15-21(16)23)29(27,28)24-18-8-7-17-4-3-5-22(20(17)14-18)26-12-10-25(2)11-13-26/h3-6,9,15,18,24H,7-8,10-14H2,1-2H3/t18-/m1/s1. The van der Waals surface area contributed by atoms with Crippen molar-refractivity contribution >= 4 is 27.3 Å². The van der Waals surface area contributed by atoms with E-state index in [9.17, 15) is 8.42 Å². The third-order valence-electron chi connectivity index (χ3n) is 6.08. The van der Waals surface area contributed by atoms with Crippen LogP contribution in [-0.2, 0) is 22.9 Å². The van der Waals surface area contributed by atoms with Crippen molar-refractivity contribution in [1.82, 2.24) is 9.62 Å². The van der Waals surface area contributed by atoms with Crippen molar-refractivity contribution in [3.05, 3.63) is 58.1 Å². The zero-order valence-electron chi connectivity index (χ0n) is 17.0.